The van der Waals surface area contributed by atoms with Gasteiger partial charge in [0, 0.05) is 22.0 Å². The molecule has 0 saturated heterocycles. The number of primary amides is 1. The van der Waals surface area contributed by atoms with Crippen molar-refractivity contribution in [2.45, 2.75) is 6.54 Å². The highest BCUT2D eigenvalue weighted by molar-refractivity contribution is 7.12. The summed E-state index contributed by atoms with van der Waals surface area (Å²) in [5.41, 5.74) is 6.22. The second-order valence-corrected chi connectivity index (χ2v) is 5.74. The fourth-order valence-corrected chi connectivity index (χ4v) is 2.80. The van der Waals surface area contributed by atoms with Crippen molar-refractivity contribution in [2.24, 2.45) is 5.73 Å². The Morgan fingerprint density at radius 3 is 2.60 bits per heavy atom. The summed E-state index contributed by atoms with van der Waals surface area (Å²) in [6.07, 6.45) is 0. The van der Waals surface area contributed by atoms with Gasteiger partial charge in [0.2, 0.25) is 5.91 Å². The lowest BCUT2D eigenvalue weighted by atomic mass is 10.2. The average molecular weight is 329 g/mol. The first-order chi connectivity index (χ1) is 9.47. The number of rotatable bonds is 4. The summed E-state index contributed by atoms with van der Waals surface area (Å²) in [6, 6.07) is 6.52. The maximum Gasteiger partial charge on any atom is 0.261 e. The molecule has 0 aliphatic carbocycles. The largest absolute Gasteiger partial charge is 0.366 e. The van der Waals surface area contributed by atoms with Gasteiger partial charge in [-0.05, 0) is 23.8 Å². The molecule has 0 atom stereocenters. The number of nitrogens with two attached hydrogens (primary N) is 1. The van der Waals surface area contributed by atoms with Crippen LogP contribution >= 0.6 is 34.5 Å². The van der Waals surface area contributed by atoms with E-state index in [0.717, 1.165) is 16.9 Å². The molecule has 0 spiro atoms. The first-order valence-electron chi connectivity index (χ1n) is 5.58. The number of thiophene rings is 1. The molecule has 2 aromatic rings. The molecule has 20 heavy (non-hydrogen) atoms. The normalized spacial score (nSPS) is 10.3. The molecule has 2 amide bonds. The molecule has 0 fully saturated rings. The number of halogens is 2. The minimum atomic E-state index is -0.555. The third kappa shape index (κ3) is 3.50. The van der Waals surface area contributed by atoms with Crippen molar-refractivity contribution in [3.05, 3.63) is 55.7 Å². The van der Waals surface area contributed by atoms with E-state index in [0.29, 0.717) is 20.5 Å². The van der Waals surface area contributed by atoms with Crippen molar-refractivity contribution in [3.63, 3.8) is 0 Å². The highest BCUT2D eigenvalue weighted by atomic mass is 35.5. The maximum atomic E-state index is 11.9. The minimum Gasteiger partial charge on any atom is -0.366 e. The first kappa shape index (κ1) is 14.8. The van der Waals surface area contributed by atoms with E-state index in [2.05, 4.69) is 5.32 Å². The Labute approximate surface area is 129 Å². The van der Waals surface area contributed by atoms with Crippen LogP contribution in [-0.4, -0.2) is 11.8 Å². The van der Waals surface area contributed by atoms with Gasteiger partial charge in [-0.15, -0.1) is 11.3 Å². The number of hydrogen-bond acceptors (Lipinski definition) is 3. The number of amides is 2. The number of carbonyl (C=O) groups is 2. The van der Waals surface area contributed by atoms with Gasteiger partial charge in [0.15, 0.2) is 0 Å². The highest BCUT2D eigenvalue weighted by Crippen LogP contribution is 2.21. The molecule has 1 aromatic carbocycles. The van der Waals surface area contributed by atoms with Crippen LogP contribution in [-0.2, 0) is 6.54 Å². The Balaban J connectivity index is 2.02. The molecule has 3 N–H and O–H groups in total. The van der Waals surface area contributed by atoms with Crippen molar-refractivity contribution in [2.75, 3.05) is 0 Å². The van der Waals surface area contributed by atoms with Gasteiger partial charge in [0.05, 0.1) is 10.4 Å². The topological polar surface area (TPSA) is 72.2 Å². The maximum absolute atomic E-state index is 11.9. The van der Waals surface area contributed by atoms with Gasteiger partial charge in [-0.1, -0.05) is 29.3 Å². The quantitative estimate of drug-likeness (QED) is 0.905. The van der Waals surface area contributed by atoms with Gasteiger partial charge in [0.1, 0.15) is 0 Å². The summed E-state index contributed by atoms with van der Waals surface area (Å²) in [5.74, 6) is -0.838. The zero-order valence-corrected chi connectivity index (χ0v) is 12.5. The van der Waals surface area contributed by atoms with E-state index in [1.165, 1.54) is 6.07 Å². The van der Waals surface area contributed by atoms with E-state index in [9.17, 15) is 9.59 Å². The van der Waals surface area contributed by atoms with E-state index in [4.69, 9.17) is 28.9 Å². The van der Waals surface area contributed by atoms with Crippen LogP contribution in [0.3, 0.4) is 0 Å². The molecule has 4 nitrogen and oxygen atoms in total. The van der Waals surface area contributed by atoms with E-state index in [1.807, 2.05) is 0 Å². The minimum absolute atomic E-state index is 0.276. The summed E-state index contributed by atoms with van der Waals surface area (Å²) in [4.78, 5) is 23.3. The van der Waals surface area contributed by atoms with Gasteiger partial charge in [-0.2, -0.15) is 0 Å². The molecule has 0 radical (unpaired) electrons. The molecular weight excluding hydrogens is 319 g/mol. The van der Waals surface area contributed by atoms with Gasteiger partial charge in [-0.25, -0.2) is 0 Å². The molecule has 0 bridgehead atoms. The monoisotopic (exact) mass is 328 g/mol. The predicted octanol–water partition coefficient (Wildman–Crippen LogP) is 3.08. The van der Waals surface area contributed by atoms with Gasteiger partial charge >= 0.3 is 0 Å². The molecule has 1 aromatic heterocycles. The number of nitrogens with one attached hydrogen (secondary N) is 1. The highest BCUT2D eigenvalue weighted by Gasteiger charge is 2.12. The fraction of sp³-hybridized carbons (Fsp3) is 0.0769. The molecule has 1 heterocycles. The standard InChI is InChI=1S/C13H10Cl2N2O2S/c14-9-2-1-7(10(15)4-9)5-17-13(19)11-3-8(6-20-11)12(16)18/h1-4,6H,5H2,(H2,16,18)(H,17,19). The molecule has 0 aliphatic heterocycles. The third-order valence-electron chi connectivity index (χ3n) is 2.56. The van der Waals surface area contributed by atoms with Crippen molar-refractivity contribution in [1.82, 2.24) is 5.32 Å². The van der Waals surface area contributed by atoms with Crippen LogP contribution in [0, 0.1) is 0 Å². The molecular formula is C13H10Cl2N2O2S. The zero-order chi connectivity index (χ0) is 14.7. The average Bonchev–Trinajstić information content (AvgIpc) is 2.87. The molecule has 0 unspecified atom stereocenters. The first-order valence-corrected chi connectivity index (χ1v) is 7.21. The van der Waals surface area contributed by atoms with Crippen molar-refractivity contribution >= 4 is 46.4 Å². The summed E-state index contributed by atoms with van der Waals surface area (Å²) in [7, 11) is 0. The van der Waals surface area contributed by atoms with Crippen molar-refractivity contribution < 1.29 is 9.59 Å². The van der Waals surface area contributed by atoms with Crippen molar-refractivity contribution in [3.8, 4) is 0 Å². The zero-order valence-electron chi connectivity index (χ0n) is 10.2. The fourth-order valence-electron chi connectivity index (χ4n) is 1.51. The molecule has 2 rings (SSSR count). The lowest BCUT2D eigenvalue weighted by Gasteiger charge is -2.06. The molecule has 7 heteroatoms. The van der Waals surface area contributed by atoms with Crippen LogP contribution in [0.4, 0.5) is 0 Å². The van der Waals surface area contributed by atoms with E-state index in [1.54, 1.807) is 23.6 Å². The number of benzene rings is 1. The van der Waals surface area contributed by atoms with Crippen LogP contribution < -0.4 is 11.1 Å². The lowest BCUT2D eigenvalue weighted by molar-refractivity contribution is 0.0955. The SMILES string of the molecule is NC(=O)c1csc(C(=O)NCc2ccc(Cl)cc2Cl)c1. The van der Waals surface area contributed by atoms with Gasteiger partial charge in [-0.3, -0.25) is 9.59 Å². The van der Waals surface area contributed by atoms with Gasteiger partial charge in [0.25, 0.3) is 5.91 Å². The predicted molar refractivity (Wildman–Crippen MR) is 80.5 cm³/mol. The van der Waals surface area contributed by atoms with Crippen LogP contribution in [0.1, 0.15) is 25.6 Å². The van der Waals surface area contributed by atoms with E-state index in [-0.39, 0.29) is 12.5 Å². The Bertz CT molecular complexity index is 670. The number of carbonyl (C=O) groups excluding carboxylic acids is 2. The molecule has 0 aliphatic rings. The summed E-state index contributed by atoms with van der Waals surface area (Å²) in [5, 5.41) is 5.29. The lowest BCUT2D eigenvalue weighted by Crippen LogP contribution is -2.22. The van der Waals surface area contributed by atoms with Crippen LogP contribution in [0.2, 0.25) is 10.0 Å². The Kier molecular flexibility index (Phi) is 4.65. The smallest absolute Gasteiger partial charge is 0.261 e. The molecule has 0 saturated carbocycles. The third-order valence-corrected chi connectivity index (χ3v) is 4.08. The second kappa shape index (κ2) is 6.26. The summed E-state index contributed by atoms with van der Waals surface area (Å²) >= 11 is 13.0. The van der Waals surface area contributed by atoms with Crippen LogP contribution in [0.25, 0.3) is 0 Å². The Morgan fingerprint density at radius 1 is 1.25 bits per heavy atom. The summed E-state index contributed by atoms with van der Waals surface area (Å²) < 4.78 is 0. The van der Waals surface area contributed by atoms with Gasteiger partial charge < -0.3 is 11.1 Å². The van der Waals surface area contributed by atoms with E-state index < -0.39 is 5.91 Å². The van der Waals surface area contributed by atoms with Crippen LogP contribution in [0.15, 0.2) is 29.6 Å². The van der Waals surface area contributed by atoms with Crippen molar-refractivity contribution in [1.29, 1.82) is 0 Å². The summed E-state index contributed by atoms with van der Waals surface area (Å²) in [6.45, 7) is 0.276. The van der Waals surface area contributed by atoms with E-state index >= 15 is 0 Å². The number of hydrogen-bond donors (Lipinski definition) is 2. The Morgan fingerprint density at radius 2 is 2.00 bits per heavy atom. The van der Waals surface area contributed by atoms with Crippen LogP contribution in [0.5, 0.6) is 0 Å². The molecule has 104 valence electrons. The second-order valence-electron chi connectivity index (χ2n) is 3.98. The Hall–Kier alpha value is -1.56.